The molecule has 1 aromatic carbocycles. The average molecular weight is 338 g/mol. The van der Waals surface area contributed by atoms with Gasteiger partial charge in [0, 0.05) is 24.8 Å². The zero-order valence-corrected chi connectivity index (χ0v) is 13.3. The van der Waals surface area contributed by atoms with Gasteiger partial charge in [-0.1, -0.05) is 11.2 Å². The van der Waals surface area contributed by atoms with Gasteiger partial charge in [0.2, 0.25) is 11.7 Å². The molecular weight excluding hydrogens is 323 g/mol. The smallest absolute Gasteiger partial charge is 0.253 e. The number of carbonyl (C=O) groups excluding carboxylic acids is 1. The van der Waals surface area contributed by atoms with Crippen LogP contribution in [0.3, 0.4) is 0 Å². The second-order valence-electron chi connectivity index (χ2n) is 5.91. The molecule has 0 N–H and O–H groups in total. The Morgan fingerprint density at radius 1 is 1.20 bits per heavy atom. The number of rotatable bonds is 3. The first-order chi connectivity index (χ1) is 12.2. The number of benzene rings is 1. The first-order valence-corrected chi connectivity index (χ1v) is 8.00. The van der Waals surface area contributed by atoms with Crippen molar-refractivity contribution in [2.24, 2.45) is 0 Å². The first-order valence-electron chi connectivity index (χ1n) is 8.00. The van der Waals surface area contributed by atoms with Crippen LogP contribution in [0, 0.1) is 5.82 Å². The van der Waals surface area contributed by atoms with E-state index in [1.165, 1.54) is 24.3 Å². The van der Waals surface area contributed by atoms with Gasteiger partial charge >= 0.3 is 0 Å². The maximum Gasteiger partial charge on any atom is 0.253 e. The summed E-state index contributed by atoms with van der Waals surface area (Å²) in [6, 6.07) is 11.1. The van der Waals surface area contributed by atoms with Crippen LogP contribution in [0.1, 0.15) is 28.6 Å². The van der Waals surface area contributed by atoms with Gasteiger partial charge < -0.3 is 9.42 Å². The average Bonchev–Trinajstić information content (AvgIpc) is 3.32. The van der Waals surface area contributed by atoms with Crippen LogP contribution in [0.2, 0.25) is 0 Å². The van der Waals surface area contributed by atoms with Crippen molar-refractivity contribution >= 4 is 5.91 Å². The molecule has 3 heterocycles. The Balaban J connectivity index is 1.47. The number of amides is 1. The highest BCUT2D eigenvalue weighted by molar-refractivity contribution is 5.94. The van der Waals surface area contributed by atoms with Crippen molar-refractivity contribution in [3.63, 3.8) is 0 Å². The lowest BCUT2D eigenvalue weighted by molar-refractivity contribution is 0.0789. The van der Waals surface area contributed by atoms with Crippen molar-refractivity contribution in [1.29, 1.82) is 0 Å². The Hall–Kier alpha value is -3.09. The van der Waals surface area contributed by atoms with Gasteiger partial charge in [0.15, 0.2) is 0 Å². The molecule has 1 aliphatic heterocycles. The maximum absolute atomic E-state index is 13.0. The molecular formula is C18H15FN4O2. The third-order valence-electron chi connectivity index (χ3n) is 4.25. The van der Waals surface area contributed by atoms with Gasteiger partial charge in [-0.2, -0.15) is 4.98 Å². The predicted molar refractivity (Wildman–Crippen MR) is 87.2 cm³/mol. The normalized spacial score (nSPS) is 17.0. The van der Waals surface area contributed by atoms with Crippen molar-refractivity contribution in [1.82, 2.24) is 20.0 Å². The van der Waals surface area contributed by atoms with E-state index in [4.69, 9.17) is 4.52 Å². The number of carbonyl (C=O) groups is 1. The summed E-state index contributed by atoms with van der Waals surface area (Å²) in [5.74, 6) is 0.471. The number of hydrogen-bond donors (Lipinski definition) is 0. The van der Waals surface area contributed by atoms with Crippen LogP contribution in [-0.4, -0.2) is 39.0 Å². The number of halogens is 1. The quantitative estimate of drug-likeness (QED) is 0.734. The summed E-state index contributed by atoms with van der Waals surface area (Å²) in [5.41, 5.74) is 1.12. The Bertz CT molecular complexity index is 880. The molecule has 1 amide bonds. The van der Waals surface area contributed by atoms with Crippen LogP contribution in [-0.2, 0) is 0 Å². The highest BCUT2D eigenvalue weighted by atomic mass is 19.1. The van der Waals surface area contributed by atoms with Crippen molar-refractivity contribution in [3.8, 4) is 11.5 Å². The first kappa shape index (κ1) is 15.4. The van der Waals surface area contributed by atoms with Gasteiger partial charge in [-0.05, 0) is 42.8 Å². The van der Waals surface area contributed by atoms with Gasteiger partial charge in [0.1, 0.15) is 11.5 Å². The third-order valence-corrected chi connectivity index (χ3v) is 4.25. The molecule has 1 fully saturated rings. The van der Waals surface area contributed by atoms with E-state index in [2.05, 4.69) is 15.1 Å². The molecule has 4 rings (SSSR count). The molecule has 2 aromatic heterocycles. The summed E-state index contributed by atoms with van der Waals surface area (Å²) in [7, 11) is 0. The van der Waals surface area contributed by atoms with Gasteiger partial charge in [0.05, 0.1) is 5.92 Å². The van der Waals surface area contributed by atoms with Crippen LogP contribution >= 0.6 is 0 Å². The van der Waals surface area contributed by atoms with Gasteiger partial charge in [-0.25, -0.2) is 4.39 Å². The third kappa shape index (κ3) is 3.13. The van der Waals surface area contributed by atoms with E-state index in [-0.39, 0.29) is 17.6 Å². The largest absolute Gasteiger partial charge is 0.339 e. The minimum absolute atomic E-state index is 0.00522. The van der Waals surface area contributed by atoms with E-state index in [0.717, 1.165) is 6.42 Å². The predicted octanol–water partition coefficient (Wildman–Crippen LogP) is 2.90. The molecule has 7 heteroatoms. The van der Waals surface area contributed by atoms with E-state index in [0.29, 0.717) is 36.1 Å². The van der Waals surface area contributed by atoms with E-state index < -0.39 is 0 Å². The Kier molecular flexibility index (Phi) is 3.97. The SMILES string of the molecule is O=C(c1ccc(F)cc1)N1CC[C@H](c2nc(-c3ccccn3)no2)C1. The molecule has 0 aliphatic carbocycles. The monoisotopic (exact) mass is 338 g/mol. The number of nitrogens with zero attached hydrogens (tertiary/aromatic N) is 4. The Morgan fingerprint density at radius 2 is 2.04 bits per heavy atom. The molecule has 0 saturated carbocycles. The standard InChI is InChI=1S/C18H15FN4O2/c19-14-6-4-12(5-7-14)18(24)23-10-8-13(11-23)17-21-16(22-25-17)15-3-1-2-9-20-15/h1-7,9,13H,8,10-11H2/t13-/m0/s1. The van der Waals surface area contributed by atoms with Crippen LogP contribution in [0.4, 0.5) is 4.39 Å². The molecule has 6 nitrogen and oxygen atoms in total. The lowest BCUT2D eigenvalue weighted by atomic mass is 10.1. The van der Waals surface area contributed by atoms with Crippen LogP contribution in [0.15, 0.2) is 53.2 Å². The number of pyridine rings is 1. The molecule has 0 bridgehead atoms. The van der Waals surface area contributed by atoms with E-state index in [1.807, 2.05) is 18.2 Å². The van der Waals surface area contributed by atoms with E-state index >= 15 is 0 Å². The second kappa shape index (κ2) is 6.43. The molecule has 1 aliphatic rings. The topological polar surface area (TPSA) is 72.1 Å². The Labute approximate surface area is 143 Å². The fourth-order valence-electron chi connectivity index (χ4n) is 2.92. The minimum Gasteiger partial charge on any atom is -0.339 e. The summed E-state index contributed by atoms with van der Waals surface area (Å²) in [4.78, 5) is 22.8. The summed E-state index contributed by atoms with van der Waals surface area (Å²) < 4.78 is 18.4. The molecule has 0 spiro atoms. The fraction of sp³-hybridized carbons (Fsp3) is 0.222. The molecule has 3 aromatic rings. The lowest BCUT2D eigenvalue weighted by Crippen LogP contribution is -2.28. The number of aromatic nitrogens is 3. The summed E-state index contributed by atoms with van der Waals surface area (Å²) in [6.07, 6.45) is 2.42. The van der Waals surface area contributed by atoms with Crippen molar-refractivity contribution in [3.05, 3.63) is 65.9 Å². The molecule has 0 unspecified atom stereocenters. The fourth-order valence-corrected chi connectivity index (χ4v) is 2.92. The van der Waals surface area contributed by atoms with E-state index in [1.54, 1.807) is 11.1 Å². The van der Waals surface area contributed by atoms with Crippen molar-refractivity contribution < 1.29 is 13.7 Å². The van der Waals surface area contributed by atoms with Crippen molar-refractivity contribution in [2.75, 3.05) is 13.1 Å². The van der Waals surface area contributed by atoms with Gasteiger partial charge in [-0.3, -0.25) is 9.78 Å². The number of hydrogen-bond acceptors (Lipinski definition) is 5. The van der Waals surface area contributed by atoms with E-state index in [9.17, 15) is 9.18 Å². The van der Waals surface area contributed by atoms with Crippen LogP contribution in [0.5, 0.6) is 0 Å². The maximum atomic E-state index is 13.0. The highest BCUT2D eigenvalue weighted by Crippen LogP contribution is 2.28. The molecule has 126 valence electrons. The molecule has 1 atom stereocenters. The summed E-state index contributed by atoms with van der Waals surface area (Å²) in [6.45, 7) is 1.10. The van der Waals surface area contributed by atoms with Gasteiger partial charge in [-0.15, -0.1) is 0 Å². The lowest BCUT2D eigenvalue weighted by Gasteiger charge is -2.15. The van der Waals surface area contributed by atoms with Crippen LogP contribution < -0.4 is 0 Å². The second-order valence-corrected chi connectivity index (χ2v) is 5.91. The summed E-state index contributed by atoms with van der Waals surface area (Å²) >= 11 is 0. The zero-order valence-electron chi connectivity index (χ0n) is 13.3. The Morgan fingerprint density at radius 3 is 2.80 bits per heavy atom. The molecule has 25 heavy (non-hydrogen) atoms. The van der Waals surface area contributed by atoms with Crippen molar-refractivity contribution in [2.45, 2.75) is 12.3 Å². The van der Waals surface area contributed by atoms with Gasteiger partial charge in [0.25, 0.3) is 5.91 Å². The molecule has 0 radical (unpaired) electrons. The highest BCUT2D eigenvalue weighted by Gasteiger charge is 2.31. The summed E-state index contributed by atoms with van der Waals surface area (Å²) in [5, 5.41) is 3.98. The number of likely N-dealkylation sites (tertiary alicyclic amines) is 1. The van der Waals surface area contributed by atoms with Crippen LogP contribution in [0.25, 0.3) is 11.5 Å². The zero-order chi connectivity index (χ0) is 17.2. The molecule has 1 saturated heterocycles. The minimum atomic E-state index is -0.358.